The van der Waals surface area contributed by atoms with Crippen LogP contribution in [-0.4, -0.2) is 11.1 Å². The molecule has 0 amide bonds. The first-order valence-corrected chi connectivity index (χ1v) is 1.28. The van der Waals surface area contributed by atoms with Crippen molar-refractivity contribution in [2.45, 2.75) is 6.42 Å². The number of hydrogen-bond donors (Lipinski definition) is 1. The summed E-state index contributed by atoms with van der Waals surface area (Å²) in [7, 11) is 0. The van der Waals surface area contributed by atoms with Crippen molar-refractivity contribution in [3.63, 3.8) is 0 Å². The van der Waals surface area contributed by atoms with Gasteiger partial charge < -0.3 is 12.0 Å². The average molecular weight is 138 g/mol. The van der Waals surface area contributed by atoms with Gasteiger partial charge in [-0.25, -0.2) is 0 Å². The molecule has 0 unspecified atom stereocenters. The van der Waals surface area contributed by atoms with Crippen LogP contribution in [0.4, 0.5) is 0 Å². The average Bonchev–Trinajstić information content (AvgIpc) is 1.38. The molecule has 3 heteroatoms. The Labute approximate surface area is 49.3 Å². The van der Waals surface area contributed by atoms with Crippen LogP contribution >= 0.6 is 0 Å². The van der Waals surface area contributed by atoms with Gasteiger partial charge in [0, 0.05) is 19.5 Å². The number of carboxylic acids is 1. The maximum Gasteiger partial charge on any atom is 0.272 e. The minimum Gasteiger partial charge on any atom is -0.483 e. The molecule has 0 saturated carbocycles. The van der Waals surface area contributed by atoms with Crippen LogP contribution in [0.15, 0.2) is 0 Å². The van der Waals surface area contributed by atoms with Crippen molar-refractivity contribution < 1.29 is 29.4 Å². The standard InChI is InChI=1S/C3H5O2.Zn/c1-2-3(4)5;/h1-2H2,(H,4,5);/q-1;. The maximum atomic E-state index is 9.31. The van der Waals surface area contributed by atoms with Crippen LogP contribution in [0.3, 0.4) is 0 Å². The molecule has 2 nitrogen and oxygen atoms in total. The third-order valence-electron chi connectivity index (χ3n) is 0.214. The third-order valence-corrected chi connectivity index (χ3v) is 0.214. The molecule has 0 fully saturated rings. The van der Waals surface area contributed by atoms with E-state index < -0.39 is 5.97 Å². The third kappa shape index (κ3) is 8.94. The van der Waals surface area contributed by atoms with E-state index in [9.17, 15) is 4.79 Å². The second-order valence-electron chi connectivity index (χ2n) is 0.644. The summed E-state index contributed by atoms with van der Waals surface area (Å²) in [6.45, 7) is 3.09. The van der Waals surface area contributed by atoms with E-state index in [2.05, 4.69) is 6.92 Å². The van der Waals surface area contributed by atoms with Gasteiger partial charge in [-0.2, -0.15) is 0 Å². The number of aliphatic carboxylic acids is 1. The topological polar surface area (TPSA) is 37.3 Å². The maximum absolute atomic E-state index is 9.31. The zero-order valence-corrected chi connectivity index (χ0v) is 6.44. The zero-order valence-electron chi connectivity index (χ0n) is 3.48. The molecule has 32 valence electrons. The monoisotopic (exact) mass is 137 g/mol. The molecule has 0 aromatic carbocycles. The summed E-state index contributed by atoms with van der Waals surface area (Å²) in [5, 5.41) is 7.66. The molecule has 0 bridgehead atoms. The van der Waals surface area contributed by atoms with Crippen LogP contribution in [0.1, 0.15) is 6.42 Å². The molecule has 0 aromatic rings. The van der Waals surface area contributed by atoms with E-state index in [1.165, 1.54) is 0 Å². The van der Waals surface area contributed by atoms with Crippen LogP contribution in [-0.2, 0) is 24.3 Å². The summed E-state index contributed by atoms with van der Waals surface area (Å²) >= 11 is 0. The Balaban J connectivity index is 0. The summed E-state index contributed by atoms with van der Waals surface area (Å²) in [5.74, 6) is -0.856. The zero-order chi connectivity index (χ0) is 4.28. The first-order valence-electron chi connectivity index (χ1n) is 1.28. The number of rotatable bonds is 1. The van der Waals surface area contributed by atoms with Crippen molar-refractivity contribution in [2.75, 3.05) is 0 Å². The minimum atomic E-state index is -0.856. The predicted molar refractivity (Wildman–Crippen MR) is 17.6 cm³/mol. The van der Waals surface area contributed by atoms with Gasteiger partial charge in [-0.1, -0.05) is 6.42 Å². The summed E-state index contributed by atoms with van der Waals surface area (Å²) in [4.78, 5) is 9.31. The van der Waals surface area contributed by atoms with Crippen molar-refractivity contribution in [1.29, 1.82) is 0 Å². The summed E-state index contributed by atoms with van der Waals surface area (Å²) in [6.07, 6.45) is -0.0278. The molecule has 0 spiro atoms. The Morgan fingerprint density at radius 1 is 1.83 bits per heavy atom. The first-order chi connectivity index (χ1) is 2.27. The Hall–Kier alpha value is 0.0934. The molecular weight excluding hydrogens is 133 g/mol. The number of carbonyl (C=O) groups is 1. The van der Waals surface area contributed by atoms with Gasteiger partial charge in [0.15, 0.2) is 0 Å². The van der Waals surface area contributed by atoms with Crippen LogP contribution in [0.5, 0.6) is 0 Å². The fourth-order valence-corrected chi connectivity index (χ4v) is 0. The van der Waals surface area contributed by atoms with E-state index in [-0.39, 0.29) is 25.9 Å². The molecular formula is C3H5O2Zn-. The molecule has 6 heavy (non-hydrogen) atoms. The molecule has 0 aliphatic carbocycles. The van der Waals surface area contributed by atoms with E-state index in [0.29, 0.717) is 0 Å². The number of hydrogen-bond acceptors (Lipinski definition) is 1. The second-order valence-corrected chi connectivity index (χ2v) is 0.644. The Morgan fingerprint density at radius 3 is 2.00 bits per heavy atom. The molecule has 0 heterocycles. The largest absolute Gasteiger partial charge is 0.483 e. The molecule has 1 N–H and O–H groups in total. The van der Waals surface area contributed by atoms with Gasteiger partial charge in [0.2, 0.25) is 0 Å². The molecule has 0 rings (SSSR count). The quantitative estimate of drug-likeness (QED) is 0.418. The van der Waals surface area contributed by atoms with E-state index in [1.807, 2.05) is 0 Å². The SMILES string of the molecule is [CH2-]CC(=O)O.[Zn]. The van der Waals surface area contributed by atoms with Crippen molar-refractivity contribution in [3.05, 3.63) is 6.92 Å². The van der Waals surface area contributed by atoms with Crippen molar-refractivity contribution in [3.8, 4) is 0 Å². The van der Waals surface area contributed by atoms with E-state index >= 15 is 0 Å². The molecule has 0 aliphatic rings. The Kier molecular flexibility index (Phi) is 8.01. The van der Waals surface area contributed by atoms with Gasteiger partial charge in [0.1, 0.15) is 0 Å². The van der Waals surface area contributed by atoms with Crippen molar-refractivity contribution in [2.24, 2.45) is 0 Å². The van der Waals surface area contributed by atoms with E-state index in [0.717, 1.165) is 0 Å². The van der Waals surface area contributed by atoms with Crippen molar-refractivity contribution in [1.82, 2.24) is 0 Å². The molecule has 0 saturated heterocycles. The molecule has 0 aromatic heterocycles. The van der Waals surface area contributed by atoms with Gasteiger partial charge in [-0.15, -0.1) is 0 Å². The fourth-order valence-electron chi connectivity index (χ4n) is 0. The van der Waals surface area contributed by atoms with Crippen molar-refractivity contribution >= 4 is 5.97 Å². The molecule has 0 aliphatic heterocycles. The minimum absolute atomic E-state index is 0. The molecule has 0 radical (unpaired) electrons. The normalized spacial score (nSPS) is 6.17. The Bertz CT molecular complexity index is 44.1. The van der Waals surface area contributed by atoms with Crippen LogP contribution in [0.2, 0.25) is 0 Å². The summed E-state index contributed by atoms with van der Waals surface area (Å²) < 4.78 is 0. The van der Waals surface area contributed by atoms with Gasteiger partial charge in [0.25, 0.3) is 5.97 Å². The van der Waals surface area contributed by atoms with Gasteiger partial charge in [0.05, 0.1) is 0 Å². The number of carboxylic acid groups (broad SMARTS) is 1. The fraction of sp³-hybridized carbons (Fsp3) is 0.333. The van der Waals surface area contributed by atoms with E-state index in [4.69, 9.17) is 5.11 Å². The van der Waals surface area contributed by atoms with Crippen LogP contribution in [0.25, 0.3) is 0 Å². The summed E-state index contributed by atoms with van der Waals surface area (Å²) in [6, 6.07) is 0. The Morgan fingerprint density at radius 2 is 2.00 bits per heavy atom. The van der Waals surface area contributed by atoms with Gasteiger partial charge in [-0.05, 0) is 0 Å². The van der Waals surface area contributed by atoms with Gasteiger partial charge >= 0.3 is 0 Å². The molecule has 0 atom stereocenters. The van der Waals surface area contributed by atoms with E-state index in [1.54, 1.807) is 0 Å². The smallest absolute Gasteiger partial charge is 0.272 e. The second kappa shape index (κ2) is 5.09. The predicted octanol–water partition coefficient (Wildman–Crippen LogP) is 0.293. The first kappa shape index (κ1) is 9.43. The summed E-state index contributed by atoms with van der Waals surface area (Å²) in [5.41, 5.74) is 0. The van der Waals surface area contributed by atoms with Crippen LogP contribution in [0, 0.1) is 6.92 Å². The van der Waals surface area contributed by atoms with Crippen LogP contribution < -0.4 is 0 Å². The van der Waals surface area contributed by atoms with Gasteiger partial charge in [-0.3, -0.25) is 4.79 Å².